The van der Waals surface area contributed by atoms with Crippen LogP contribution in [0.25, 0.3) is 0 Å². The highest BCUT2D eigenvalue weighted by atomic mass is 32.1. The van der Waals surface area contributed by atoms with Crippen molar-refractivity contribution in [2.75, 3.05) is 11.9 Å². The maximum atomic E-state index is 13.1. The minimum atomic E-state index is -0.468. The Morgan fingerprint density at radius 3 is 2.07 bits per heavy atom. The van der Waals surface area contributed by atoms with Crippen LogP contribution in [0.5, 0.6) is 5.75 Å². The minimum Gasteiger partial charge on any atom is -0.487 e. The van der Waals surface area contributed by atoms with Crippen LogP contribution >= 0.6 is 12.2 Å². The lowest BCUT2D eigenvalue weighted by Gasteiger charge is -2.19. The summed E-state index contributed by atoms with van der Waals surface area (Å²) in [6.45, 7) is 4.03. The third-order valence-corrected chi connectivity index (χ3v) is 4.46. The van der Waals surface area contributed by atoms with Gasteiger partial charge in [0.05, 0.1) is 11.6 Å². The Morgan fingerprint density at radius 1 is 0.931 bits per heavy atom. The third kappa shape index (κ3) is 5.53. The summed E-state index contributed by atoms with van der Waals surface area (Å²) < 4.78 is 5.63. The number of hydrogen-bond donors (Lipinski definition) is 2. The Balaban J connectivity index is 1.77. The van der Waals surface area contributed by atoms with Crippen LogP contribution in [0.1, 0.15) is 17.0 Å². The molecule has 0 aromatic heterocycles. The number of para-hydroxylation sites is 2. The highest BCUT2D eigenvalue weighted by Crippen LogP contribution is 2.26. The van der Waals surface area contributed by atoms with Crippen LogP contribution in [0.15, 0.2) is 97.6 Å². The zero-order valence-electron chi connectivity index (χ0n) is 15.9. The molecular formula is C24H22N2O2S. The van der Waals surface area contributed by atoms with E-state index in [1.165, 1.54) is 0 Å². The quantitative estimate of drug-likeness (QED) is 0.436. The summed E-state index contributed by atoms with van der Waals surface area (Å²) in [5, 5.41) is 6.07. The maximum absolute atomic E-state index is 13.1. The Bertz CT molecular complexity index is 935. The zero-order chi connectivity index (χ0) is 20.5. The van der Waals surface area contributed by atoms with Crippen LogP contribution in [-0.4, -0.2) is 17.6 Å². The molecule has 1 amide bonds. The van der Waals surface area contributed by atoms with Crippen LogP contribution < -0.4 is 15.4 Å². The van der Waals surface area contributed by atoms with Gasteiger partial charge in [0, 0.05) is 0 Å². The number of carbonyl (C=O) groups is 1. The second-order valence-corrected chi connectivity index (χ2v) is 6.70. The highest BCUT2D eigenvalue weighted by molar-refractivity contribution is 7.80. The topological polar surface area (TPSA) is 50.4 Å². The molecule has 0 bridgehead atoms. The Kier molecular flexibility index (Phi) is 7.14. The molecule has 0 aliphatic carbocycles. The molecule has 0 heterocycles. The predicted octanol–water partition coefficient (Wildman–Crippen LogP) is 4.90. The number of anilines is 1. The normalized spacial score (nSPS) is 10.2. The number of rotatable bonds is 7. The first-order chi connectivity index (χ1) is 14.2. The van der Waals surface area contributed by atoms with Gasteiger partial charge in [-0.1, -0.05) is 85.5 Å². The van der Waals surface area contributed by atoms with E-state index < -0.39 is 5.92 Å². The lowest BCUT2D eigenvalue weighted by Crippen LogP contribution is -2.38. The number of hydrogen-bond acceptors (Lipinski definition) is 3. The van der Waals surface area contributed by atoms with Crippen molar-refractivity contribution in [1.29, 1.82) is 0 Å². The van der Waals surface area contributed by atoms with Gasteiger partial charge in [-0.25, -0.2) is 0 Å². The molecule has 0 saturated carbocycles. The lowest BCUT2D eigenvalue weighted by atomic mass is 9.90. The van der Waals surface area contributed by atoms with Gasteiger partial charge in [-0.2, -0.15) is 0 Å². The van der Waals surface area contributed by atoms with E-state index in [1.807, 2.05) is 84.9 Å². The van der Waals surface area contributed by atoms with E-state index in [0.717, 1.165) is 11.1 Å². The van der Waals surface area contributed by atoms with Gasteiger partial charge in [-0.3, -0.25) is 4.79 Å². The van der Waals surface area contributed by atoms with Crippen LogP contribution in [0.4, 0.5) is 5.69 Å². The van der Waals surface area contributed by atoms with Gasteiger partial charge in [-0.15, -0.1) is 0 Å². The monoisotopic (exact) mass is 402 g/mol. The molecule has 3 aromatic rings. The number of nitrogens with one attached hydrogen (secondary N) is 2. The van der Waals surface area contributed by atoms with Crippen LogP contribution in [0.3, 0.4) is 0 Å². The molecule has 0 saturated heterocycles. The molecule has 3 aromatic carbocycles. The molecular weight excluding hydrogens is 380 g/mol. The Hall–Kier alpha value is -3.44. The lowest BCUT2D eigenvalue weighted by molar-refractivity contribution is -0.120. The first-order valence-electron chi connectivity index (χ1n) is 9.23. The van der Waals surface area contributed by atoms with E-state index >= 15 is 0 Å². The van der Waals surface area contributed by atoms with E-state index in [2.05, 4.69) is 17.2 Å². The van der Waals surface area contributed by atoms with Crippen molar-refractivity contribution in [2.45, 2.75) is 5.92 Å². The number of ether oxygens (including phenoxy) is 1. The van der Waals surface area contributed by atoms with E-state index in [1.54, 1.807) is 6.08 Å². The summed E-state index contributed by atoms with van der Waals surface area (Å²) in [6.07, 6.45) is 1.67. The predicted molar refractivity (Wildman–Crippen MR) is 121 cm³/mol. The number of benzene rings is 3. The molecule has 146 valence electrons. The van der Waals surface area contributed by atoms with Crippen molar-refractivity contribution in [2.24, 2.45) is 0 Å². The van der Waals surface area contributed by atoms with E-state index in [4.69, 9.17) is 17.0 Å². The van der Waals surface area contributed by atoms with E-state index in [-0.39, 0.29) is 11.0 Å². The van der Waals surface area contributed by atoms with Crippen molar-refractivity contribution >= 4 is 28.9 Å². The molecule has 5 heteroatoms. The van der Waals surface area contributed by atoms with Crippen LogP contribution in [-0.2, 0) is 4.79 Å². The summed E-state index contributed by atoms with van der Waals surface area (Å²) >= 11 is 5.38. The average molecular weight is 403 g/mol. The SMILES string of the molecule is C=CCOc1ccccc1NC(=S)NC(=O)C(c1ccccc1)c1ccccc1. The largest absolute Gasteiger partial charge is 0.487 e. The molecule has 3 rings (SSSR count). The maximum Gasteiger partial charge on any atom is 0.238 e. The summed E-state index contributed by atoms with van der Waals surface area (Å²) in [5.74, 6) is -0.0412. The second kappa shape index (κ2) is 10.2. The number of carbonyl (C=O) groups excluding carboxylic acids is 1. The Morgan fingerprint density at radius 2 is 1.48 bits per heavy atom. The fourth-order valence-corrected chi connectivity index (χ4v) is 3.18. The molecule has 0 spiro atoms. The molecule has 4 nitrogen and oxygen atoms in total. The molecule has 29 heavy (non-hydrogen) atoms. The van der Waals surface area contributed by atoms with Crippen LogP contribution in [0, 0.1) is 0 Å². The molecule has 2 N–H and O–H groups in total. The van der Waals surface area contributed by atoms with Crippen molar-refractivity contribution in [3.63, 3.8) is 0 Å². The number of amides is 1. The fraction of sp³-hybridized carbons (Fsp3) is 0.0833. The first-order valence-corrected chi connectivity index (χ1v) is 9.64. The molecule has 0 fully saturated rings. The van der Waals surface area contributed by atoms with Gasteiger partial charge in [0.15, 0.2) is 5.11 Å². The third-order valence-electron chi connectivity index (χ3n) is 4.26. The zero-order valence-corrected chi connectivity index (χ0v) is 16.7. The van der Waals surface area contributed by atoms with Gasteiger partial charge in [0.2, 0.25) is 5.91 Å². The molecule has 0 aliphatic rings. The standard InChI is InChI=1S/C24H22N2O2S/c1-2-17-28-21-16-10-9-15-20(21)25-24(29)26-23(27)22(18-11-5-3-6-12-18)19-13-7-4-8-14-19/h2-16,22H,1,17H2,(H2,25,26,27,29). The van der Waals surface area contributed by atoms with Crippen molar-refractivity contribution in [3.8, 4) is 5.75 Å². The molecule has 0 radical (unpaired) electrons. The fourth-order valence-electron chi connectivity index (χ4n) is 2.97. The summed E-state index contributed by atoms with van der Waals surface area (Å²) in [4.78, 5) is 13.1. The Labute approximate surface area is 176 Å². The summed E-state index contributed by atoms with van der Waals surface area (Å²) in [5.41, 5.74) is 2.47. The van der Waals surface area contributed by atoms with Crippen LogP contribution in [0.2, 0.25) is 0 Å². The molecule has 0 atom stereocenters. The number of thiocarbonyl (C=S) groups is 1. The molecule has 0 aliphatic heterocycles. The van der Waals surface area contributed by atoms with Gasteiger partial charge < -0.3 is 15.4 Å². The second-order valence-electron chi connectivity index (χ2n) is 6.29. The minimum absolute atomic E-state index is 0.204. The highest BCUT2D eigenvalue weighted by Gasteiger charge is 2.23. The van der Waals surface area contributed by atoms with Gasteiger partial charge in [-0.05, 0) is 35.5 Å². The van der Waals surface area contributed by atoms with Crippen molar-refractivity contribution < 1.29 is 9.53 Å². The van der Waals surface area contributed by atoms with Gasteiger partial charge in [0.25, 0.3) is 0 Å². The van der Waals surface area contributed by atoms with Gasteiger partial charge in [0.1, 0.15) is 12.4 Å². The van der Waals surface area contributed by atoms with E-state index in [0.29, 0.717) is 18.0 Å². The first kappa shape index (κ1) is 20.3. The van der Waals surface area contributed by atoms with Crippen molar-refractivity contribution in [3.05, 3.63) is 109 Å². The summed E-state index contributed by atoms with van der Waals surface area (Å²) in [6, 6.07) is 26.7. The summed E-state index contributed by atoms with van der Waals surface area (Å²) in [7, 11) is 0. The average Bonchev–Trinajstić information content (AvgIpc) is 2.75. The van der Waals surface area contributed by atoms with E-state index in [9.17, 15) is 4.79 Å². The van der Waals surface area contributed by atoms with Gasteiger partial charge >= 0.3 is 0 Å². The smallest absolute Gasteiger partial charge is 0.238 e. The van der Waals surface area contributed by atoms with Crippen molar-refractivity contribution in [1.82, 2.24) is 5.32 Å². The molecule has 0 unspecified atom stereocenters.